The van der Waals surface area contributed by atoms with Gasteiger partial charge < -0.3 is 15.7 Å². The first-order valence-electron chi connectivity index (χ1n) is 6.23. The molecule has 3 nitrogen and oxygen atoms in total. The minimum atomic E-state index is -4.51. The van der Waals surface area contributed by atoms with Gasteiger partial charge in [-0.25, -0.2) is 0 Å². The number of aliphatic hydroxyl groups is 1. The minimum Gasteiger partial charge on any atom is -0.391 e. The Balaban J connectivity index is 2.39. The number of β-amino-alcohol motifs (C(OH)–C–C–N with tert-alkyl or cyclic N) is 1. The van der Waals surface area contributed by atoms with E-state index in [0.29, 0.717) is 25.2 Å². The lowest BCUT2D eigenvalue weighted by Crippen LogP contribution is -2.38. The van der Waals surface area contributed by atoms with Crippen LogP contribution < -0.4 is 10.6 Å². The van der Waals surface area contributed by atoms with Crippen molar-refractivity contribution in [2.24, 2.45) is 5.73 Å². The van der Waals surface area contributed by atoms with Crippen molar-refractivity contribution in [3.8, 4) is 0 Å². The fourth-order valence-corrected chi connectivity index (χ4v) is 2.55. The number of hydrogen-bond donors (Lipinski definition) is 2. The molecule has 20 heavy (non-hydrogen) atoms. The maximum absolute atomic E-state index is 13.0. The molecule has 0 amide bonds. The largest absolute Gasteiger partial charge is 0.417 e. The van der Waals surface area contributed by atoms with Crippen LogP contribution in [0.1, 0.15) is 24.0 Å². The fourth-order valence-electron chi connectivity index (χ4n) is 2.37. The fraction of sp³-hybridized carbons (Fsp3) is 0.462. The SMILES string of the molecule is NC(=S)c1ccc(N2CCCC(O)C2)cc1C(F)(F)F. The number of piperidine rings is 1. The lowest BCUT2D eigenvalue weighted by atomic mass is 10.0. The van der Waals surface area contributed by atoms with Gasteiger partial charge in [0.2, 0.25) is 0 Å². The molecule has 3 N–H and O–H groups in total. The van der Waals surface area contributed by atoms with E-state index in [9.17, 15) is 18.3 Å². The second-order valence-corrected chi connectivity index (χ2v) is 5.27. The van der Waals surface area contributed by atoms with Crippen molar-refractivity contribution in [2.45, 2.75) is 25.1 Å². The van der Waals surface area contributed by atoms with E-state index in [1.54, 1.807) is 11.0 Å². The molecule has 1 aliphatic rings. The van der Waals surface area contributed by atoms with Gasteiger partial charge in [0.15, 0.2) is 0 Å². The van der Waals surface area contributed by atoms with Crippen LogP contribution in [0, 0.1) is 0 Å². The molecule has 7 heteroatoms. The monoisotopic (exact) mass is 304 g/mol. The van der Waals surface area contributed by atoms with E-state index >= 15 is 0 Å². The van der Waals surface area contributed by atoms with Crippen molar-refractivity contribution < 1.29 is 18.3 Å². The highest BCUT2D eigenvalue weighted by Crippen LogP contribution is 2.35. The number of anilines is 1. The first-order valence-corrected chi connectivity index (χ1v) is 6.64. The molecule has 110 valence electrons. The molecule has 0 aromatic heterocycles. The highest BCUT2D eigenvalue weighted by molar-refractivity contribution is 7.80. The molecule has 0 radical (unpaired) electrons. The molecule has 1 unspecified atom stereocenters. The Kier molecular flexibility index (Phi) is 4.19. The Labute approximate surface area is 120 Å². The molecule has 0 saturated carbocycles. The maximum atomic E-state index is 13.0. The van der Waals surface area contributed by atoms with Gasteiger partial charge in [-0.1, -0.05) is 12.2 Å². The highest BCUT2D eigenvalue weighted by Gasteiger charge is 2.35. The van der Waals surface area contributed by atoms with Crippen LogP contribution in [0.4, 0.5) is 18.9 Å². The normalized spacial score (nSPS) is 20.0. The van der Waals surface area contributed by atoms with Crippen LogP contribution >= 0.6 is 12.2 Å². The molecule has 1 fully saturated rings. The van der Waals surface area contributed by atoms with Crippen molar-refractivity contribution in [1.82, 2.24) is 0 Å². The molecular weight excluding hydrogens is 289 g/mol. The average Bonchev–Trinajstić information content (AvgIpc) is 2.37. The van der Waals surface area contributed by atoms with Gasteiger partial charge in [-0.2, -0.15) is 13.2 Å². The average molecular weight is 304 g/mol. The molecule has 1 aliphatic heterocycles. The van der Waals surface area contributed by atoms with Gasteiger partial charge in [0.25, 0.3) is 0 Å². The number of benzene rings is 1. The summed E-state index contributed by atoms with van der Waals surface area (Å²) in [5, 5.41) is 9.61. The summed E-state index contributed by atoms with van der Waals surface area (Å²) in [5.41, 5.74) is 4.76. The van der Waals surface area contributed by atoms with Gasteiger partial charge in [-0.3, -0.25) is 0 Å². The smallest absolute Gasteiger partial charge is 0.391 e. The third-order valence-corrected chi connectivity index (χ3v) is 3.56. The van der Waals surface area contributed by atoms with Gasteiger partial charge in [0.05, 0.1) is 11.7 Å². The standard InChI is InChI=1S/C13H15F3N2OS/c14-13(15,16)11-6-8(3-4-10(11)12(17)20)18-5-1-2-9(19)7-18/h3-4,6,9,19H,1-2,5,7H2,(H2,17,20). The highest BCUT2D eigenvalue weighted by atomic mass is 32.1. The van der Waals surface area contributed by atoms with E-state index in [-0.39, 0.29) is 10.6 Å². The van der Waals surface area contributed by atoms with Crippen molar-refractivity contribution in [3.05, 3.63) is 29.3 Å². The lowest BCUT2D eigenvalue weighted by molar-refractivity contribution is -0.137. The molecule has 0 aliphatic carbocycles. The Morgan fingerprint density at radius 2 is 2.10 bits per heavy atom. The van der Waals surface area contributed by atoms with Crippen LogP contribution in [0.3, 0.4) is 0 Å². The van der Waals surface area contributed by atoms with Crippen molar-refractivity contribution in [3.63, 3.8) is 0 Å². The number of hydrogen-bond acceptors (Lipinski definition) is 3. The summed E-state index contributed by atoms with van der Waals surface area (Å²) >= 11 is 4.66. The third kappa shape index (κ3) is 3.21. The first kappa shape index (κ1) is 15.1. The van der Waals surface area contributed by atoms with Gasteiger partial charge in [0.1, 0.15) is 4.99 Å². The molecule has 0 bridgehead atoms. The van der Waals surface area contributed by atoms with E-state index in [1.165, 1.54) is 6.07 Å². The predicted octanol–water partition coefficient (Wildman–Crippen LogP) is 2.30. The van der Waals surface area contributed by atoms with Crippen LogP contribution in [-0.4, -0.2) is 29.3 Å². The number of alkyl halides is 3. The summed E-state index contributed by atoms with van der Waals surface area (Å²) < 4.78 is 39.1. The zero-order chi connectivity index (χ0) is 14.9. The number of rotatable bonds is 2. The van der Waals surface area contributed by atoms with Crippen LogP contribution in [0.2, 0.25) is 0 Å². The predicted molar refractivity (Wildman–Crippen MR) is 74.8 cm³/mol. The molecule has 1 aromatic rings. The lowest BCUT2D eigenvalue weighted by Gasteiger charge is -2.32. The molecule has 1 atom stereocenters. The number of nitrogens with two attached hydrogens (primary N) is 1. The Hall–Kier alpha value is -1.34. The molecule has 1 aromatic carbocycles. The number of aliphatic hydroxyl groups excluding tert-OH is 1. The van der Waals surface area contributed by atoms with E-state index in [1.807, 2.05) is 0 Å². The van der Waals surface area contributed by atoms with Gasteiger partial charge in [-0.15, -0.1) is 0 Å². The summed E-state index contributed by atoms with van der Waals surface area (Å²) in [7, 11) is 0. The van der Waals surface area contributed by atoms with Crippen molar-refractivity contribution >= 4 is 22.9 Å². The first-order chi connectivity index (χ1) is 9.29. The zero-order valence-corrected chi connectivity index (χ0v) is 11.5. The summed E-state index contributed by atoms with van der Waals surface area (Å²) in [6.45, 7) is 0.963. The van der Waals surface area contributed by atoms with E-state index < -0.39 is 17.8 Å². The number of nitrogens with zero attached hydrogens (tertiary/aromatic N) is 1. The Morgan fingerprint density at radius 1 is 1.40 bits per heavy atom. The molecule has 2 rings (SSSR count). The number of thiocarbonyl (C=S) groups is 1. The van der Waals surface area contributed by atoms with Crippen LogP contribution in [0.5, 0.6) is 0 Å². The quantitative estimate of drug-likeness (QED) is 0.823. The van der Waals surface area contributed by atoms with Crippen molar-refractivity contribution in [2.75, 3.05) is 18.0 Å². The zero-order valence-electron chi connectivity index (χ0n) is 10.7. The summed E-state index contributed by atoms with van der Waals surface area (Å²) in [5.74, 6) is 0. The van der Waals surface area contributed by atoms with Gasteiger partial charge >= 0.3 is 6.18 Å². The van der Waals surface area contributed by atoms with E-state index in [0.717, 1.165) is 12.5 Å². The summed E-state index contributed by atoms with van der Waals surface area (Å²) in [6.07, 6.45) is -3.59. The Morgan fingerprint density at radius 3 is 2.65 bits per heavy atom. The molecule has 0 spiro atoms. The minimum absolute atomic E-state index is 0.172. The van der Waals surface area contributed by atoms with E-state index in [4.69, 9.17) is 5.73 Å². The summed E-state index contributed by atoms with van der Waals surface area (Å²) in [6, 6.07) is 3.90. The maximum Gasteiger partial charge on any atom is 0.417 e. The topological polar surface area (TPSA) is 49.5 Å². The van der Waals surface area contributed by atoms with Crippen LogP contribution in [0.25, 0.3) is 0 Å². The summed E-state index contributed by atoms with van der Waals surface area (Å²) in [4.78, 5) is 1.47. The van der Waals surface area contributed by atoms with Crippen LogP contribution in [0.15, 0.2) is 18.2 Å². The number of halogens is 3. The van der Waals surface area contributed by atoms with Gasteiger partial charge in [-0.05, 0) is 31.0 Å². The molecule has 1 heterocycles. The molecule has 1 saturated heterocycles. The van der Waals surface area contributed by atoms with Crippen molar-refractivity contribution in [1.29, 1.82) is 0 Å². The Bertz CT molecular complexity index is 519. The van der Waals surface area contributed by atoms with Gasteiger partial charge in [0, 0.05) is 24.3 Å². The third-order valence-electron chi connectivity index (χ3n) is 3.34. The second-order valence-electron chi connectivity index (χ2n) is 4.83. The van der Waals surface area contributed by atoms with E-state index in [2.05, 4.69) is 12.2 Å². The molecular formula is C13H15F3N2OS. The van der Waals surface area contributed by atoms with Crippen LogP contribution in [-0.2, 0) is 6.18 Å². The second kappa shape index (κ2) is 5.57.